The van der Waals surface area contributed by atoms with Crippen molar-refractivity contribution >= 4 is 39.8 Å². The number of rotatable bonds is 3. The molecule has 1 aromatic carbocycles. The smallest absolute Gasteiger partial charge is 0.348 e. The van der Waals surface area contributed by atoms with Gasteiger partial charge in [0.05, 0.1) is 23.3 Å². The van der Waals surface area contributed by atoms with Crippen LogP contribution in [0.5, 0.6) is 0 Å². The van der Waals surface area contributed by atoms with Gasteiger partial charge in [0.25, 0.3) is 5.91 Å². The summed E-state index contributed by atoms with van der Waals surface area (Å²) in [6.07, 6.45) is 0. The number of anilines is 1. The molecule has 2 rings (SSSR count). The van der Waals surface area contributed by atoms with Gasteiger partial charge in [0, 0.05) is 0 Å². The summed E-state index contributed by atoms with van der Waals surface area (Å²) in [6.45, 7) is 3.48. The Bertz CT molecular complexity index is 837. The number of thiophene rings is 1. The fourth-order valence-electron chi connectivity index (χ4n) is 2.01. The van der Waals surface area contributed by atoms with Crippen molar-refractivity contribution in [1.29, 1.82) is 5.26 Å². The number of nitriles is 1. The predicted octanol–water partition coefficient (Wildman–Crippen LogP) is 3.93. The summed E-state index contributed by atoms with van der Waals surface area (Å²) >= 11 is 7.05. The standard InChI is InChI=1S/C16H13ClN2O3S/c1-8-4-5-12(17)10(6-8)14(20)19-15-11(7-18)9(2)13(23-15)16(21)22-3/h4-6H,1-3H3,(H,19,20). The number of nitrogens with zero attached hydrogens (tertiary/aromatic N) is 1. The number of esters is 1. The number of hydrogen-bond acceptors (Lipinski definition) is 5. The van der Waals surface area contributed by atoms with Crippen molar-refractivity contribution in [2.45, 2.75) is 13.8 Å². The lowest BCUT2D eigenvalue weighted by molar-refractivity contribution is 0.0605. The third-order valence-electron chi connectivity index (χ3n) is 3.22. The van der Waals surface area contributed by atoms with Crippen LogP contribution in [0.25, 0.3) is 0 Å². The van der Waals surface area contributed by atoms with E-state index in [-0.39, 0.29) is 10.4 Å². The Hall–Kier alpha value is -2.36. The van der Waals surface area contributed by atoms with E-state index >= 15 is 0 Å². The number of carbonyl (C=O) groups is 2. The lowest BCUT2D eigenvalue weighted by Gasteiger charge is -2.06. The van der Waals surface area contributed by atoms with Crippen LogP contribution in [-0.4, -0.2) is 19.0 Å². The monoisotopic (exact) mass is 348 g/mol. The molecule has 7 heteroatoms. The van der Waals surface area contributed by atoms with Gasteiger partial charge in [0.2, 0.25) is 0 Å². The van der Waals surface area contributed by atoms with Crippen LogP contribution in [0, 0.1) is 25.2 Å². The molecule has 0 bridgehead atoms. The van der Waals surface area contributed by atoms with E-state index in [0.29, 0.717) is 21.2 Å². The summed E-state index contributed by atoms with van der Waals surface area (Å²) < 4.78 is 4.68. The highest BCUT2D eigenvalue weighted by Crippen LogP contribution is 2.33. The molecule has 1 aromatic heterocycles. The van der Waals surface area contributed by atoms with Gasteiger partial charge in [0.1, 0.15) is 15.9 Å². The minimum absolute atomic E-state index is 0.243. The number of aryl methyl sites for hydroxylation is 1. The maximum atomic E-state index is 12.4. The third kappa shape index (κ3) is 3.36. The lowest BCUT2D eigenvalue weighted by atomic mass is 10.1. The maximum Gasteiger partial charge on any atom is 0.348 e. The molecule has 0 radical (unpaired) electrons. The summed E-state index contributed by atoms with van der Waals surface area (Å²) in [6, 6.07) is 7.09. The number of benzene rings is 1. The van der Waals surface area contributed by atoms with Crippen molar-refractivity contribution in [3.05, 3.63) is 50.4 Å². The first-order valence-electron chi connectivity index (χ1n) is 6.58. The Morgan fingerprint density at radius 3 is 2.65 bits per heavy atom. The molecule has 0 unspecified atom stereocenters. The number of halogens is 1. The SMILES string of the molecule is COC(=O)c1sc(NC(=O)c2cc(C)ccc2Cl)c(C#N)c1C. The highest BCUT2D eigenvalue weighted by Gasteiger charge is 2.22. The topological polar surface area (TPSA) is 79.2 Å². The minimum Gasteiger partial charge on any atom is -0.465 e. The molecule has 23 heavy (non-hydrogen) atoms. The number of ether oxygens (including phenoxy) is 1. The molecule has 0 aliphatic carbocycles. The molecular formula is C16H13ClN2O3S. The minimum atomic E-state index is -0.543. The van der Waals surface area contributed by atoms with E-state index in [1.807, 2.05) is 13.0 Å². The lowest BCUT2D eigenvalue weighted by Crippen LogP contribution is -2.12. The van der Waals surface area contributed by atoms with Crippen molar-refractivity contribution in [2.24, 2.45) is 0 Å². The first-order chi connectivity index (χ1) is 10.9. The number of hydrogen-bond donors (Lipinski definition) is 1. The van der Waals surface area contributed by atoms with Gasteiger partial charge in [-0.2, -0.15) is 5.26 Å². The van der Waals surface area contributed by atoms with E-state index in [4.69, 9.17) is 11.6 Å². The second-order valence-corrected chi connectivity index (χ2v) is 6.23. The largest absolute Gasteiger partial charge is 0.465 e. The van der Waals surface area contributed by atoms with Crippen molar-refractivity contribution < 1.29 is 14.3 Å². The van der Waals surface area contributed by atoms with E-state index in [2.05, 4.69) is 10.1 Å². The summed E-state index contributed by atoms with van der Waals surface area (Å²) in [5, 5.41) is 12.5. The van der Waals surface area contributed by atoms with E-state index in [9.17, 15) is 14.9 Å². The molecular weight excluding hydrogens is 336 g/mol. The molecule has 1 amide bonds. The van der Waals surface area contributed by atoms with Crippen LogP contribution in [0.2, 0.25) is 5.02 Å². The predicted molar refractivity (Wildman–Crippen MR) is 89.3 cm³/mol. The van der Waals surface area contributed by atoms with Gasteiger partial charge in [-0.3, -0.25) is 4.79 Å². The fraction of sp³-hybridized carbons (Fsp3) is 0.188. The number of amides is 1. The fourth-order valence-corrected chi connectivity index (χ4v) is 3.28. The summed E-state index contributed by atoms with van der Waals surface area (Å²) in [4.78, 5) is 24.4. The molecule has 1 N–H and O–H groups in total. The summed E-state index contributed by atoms with van der Waals surface area (Å²) in [7, 11) is 1.26. The van der Waals surface area contributed by atoms with Crippen molar-refractivity contribution in [1.82, 2.24) is 0 Å². The first kappa shape index (κ1) is 17.0. The Morgan fingerprint density at radius 2 is 2.04 bits per heavy atom. The third-order valence-corrected chi connectivity index (χ3v) is 4.74. The molecule has 5 nitrogen and oxygen atoms in total. The molecule has 0 saturated heterocycles. The highest BCUT2D eigenvalue weighted by atomic mass is 35.5. The average Bonchev–Trinajstić information content (AvgIpc) is 2.84. The van der Waals surface area contributed by atoms with E-state index in [0.717, 1.165) is 16.9 Å². The zero-order valence-corrected chi connectivity index (χ0v) is 14.3. The van der Waals surface area contributed by atoms with Crippen LogP contribution in [0.4, 0.5) is 5.00 Å². The van der Waals surface area contributed by atoms with Crippen molar-refractivity contribution in [3.8, 4) is 6.07 Å². The van der Waals surface area contributed by atoms with E-state index in [1.165, 1.54) is 7.11 Å². The quantitative estimate of drug-likeness (QED) is 0.852. The Labute approximate surface area is 142 Å². The molecule has 0 fully saturated rings. The van der Waals surface area contributed by atoms with Crippen molar-refractivity contribution in [3.63, 3.8) is 0 Å². The second-order valence-electron chi connectivity index (χ2n) is 4.80. The van der Waals surface area contributed by atoms with Gasteiger partial charge >= 0.3 is 5.97 Å². The first-order valence-corrected chi connectivity index (χ1v) is 7.77. The van der Waals surface area contributed by atoms with Crippen molar-refractivity contribution in [2.75, 3.05) is 12.4 Å². The van der Waals surface area contributed by atoms with Gasteiger partial charge in [-0.15, -0.1) is 11.3 Å². The van der Waals surface area contributed by atoms with Crippen LogP contribution in [0.15, 0.2) is 18.2 Å². The van der Waals surface area contributed by atoms with Crippen LogP contribution in [0.3, 0.4) is 0 Å². The molecule has 0 atom stereocenters. The summed E-state index contributed by atoms with van der Waals surface area (Å²) in [5.41, 5.74) is 1.92. The Balaban J connectivity index is 2.40. The molecule has 0 saturated carbocycles. The second kappa shape index (κ2) is 6.82. The van der Waals surface area contributed by atoms with Crippen LogP contribution in [-0.2, 0) is 4.74 Å². The van der Waals surface area contributed by atoms with Gasteiger partial charge < -0.3 is 10.1 Å². The molecule has 0 spiro atoms. The average molecular weight is 349 g/mol. The van der Waals surface area contributed by atoms with Gasteiger partial charge in [-0.05, 0) is 31.5 Å². The van der Waals surface area contributed by atoms with Crippen LogP contribution < -0.4 is 5.32 Å². The van der Waals surface area contributed by atoms with Gasteiger partial charge in [-0.1, -0.05) is 23.2 Å². The van der Waals surface area contributed by atoms with E-state index < -0.39 is 11.9 Å². The highest BCUT2D eigenvalue weighted by molar-refractivity contribution is 7.18. The number of methoxy groups -OCH3 is 1. The molecule has 0 aliphatic rings. The Morgan fingerprint density at radius 1 is 1.35 bits per heavy atom. The zero-order chi connectivity index (χ0) is 17.1. The van der Waals surface area contributed by atoms with Crippen LogP contribution >= 0.6 is 22.9 Å². The maximum absolute atomic E-state index is 12.4. The summed E-state index contributed by atoms with van der Waals surface area (Å²) in [5.74, 6) is -0.981. The molecule has 1 heterocycles. The van der Waals surface area contributed by atoms with Gasteiger partial charge in [0.15, 0.2) is 0 Å². The molecule has 0 aliphatic heterocycles. The van der Waals surface area contributed by atoms with E-state index in [1.54, 1.807) is 25.1 Å². The van der Waals surface area contributed by atoms with Gasteiger partial charge in [-0.25, -0.2) is 4.79 Å². The van der Waals surface area contributed by atoms with Crippen LogP contribution in [0.1, 0.15) is 36.7 Å². The number of nitrogens with one attached hydrogen (secondary N) is 1. The molecule has 2 aromatic rings. The normalized spacial score (nSPS) is 10.0. The Kier molecular flexibility index (Phi) is 5.04. The zero-order valence-electron chi connectivity index (χ0n) is 12.7. The number of carbonyl (C=O) groups excluding carboxylic acids is 2. The molecule has 118 valence electrons.